The highest BCUT2D eigenvalue weighted by molar-refractivity contribution is 6.08. The molecule has 0 aromatic heterocycles. The van der Waals surface area contributed by atoms with Crippen molar-refractivity contribution in [2.75, 3.05) is 20.1 Å². The zero-order valence-corrected chi connectivity index (χ0v) is 16.7. The van der Waals surface area contributed by atoms with Crippen molar-refractivity contribution in [1.29, 1.82) is 0 Å². The molecule has 30 heavy (non-hydrogen) atoms. The van der Waals surface area contributed by atoms with Crippen molar-refractivity contribution in [3.05, 3.63) is 81.4 Å². The fraction of sp³-hybridized carbons (Fsp3) is 0.391. The van der Waals surface area contributed by atoms with Gasteiger partial charge in [-0.1, -0.05) is 54.6 Å². The summed E-state index contributed by atoms with van der Waals surface area (Å²) in [7, 11) is 1.67. The predicted molar refractivity (Wildman–Crippen MR) is 109 cm³/mol. The van der Waals surface area contributed by atoms with Gasteiger partial charge in [-0.2, -0.15) is 0 Å². The van der Waals surface area contributed by atoms with E-state index in [1.807, 2.05) is 54.6 Å². The Morgan fingerprint density at radius 1 is 1.00 bits per heavy atom. The molecule has 3 aliphatic rings. The van der Waals surface area contributed by atoms with E-state index in [0.29, 0.717) is 31.5 Å². The van der Waals surface area contributed by atoms with Gasteiger partial charge in [-0.15, -0.1) is 0 Å². The predicted octanol–water partition coefficient (Wildman–Crippen LogP) is 2.40. The quantitative estimate of drug-likeness (QED) is 0.436. The lowest BCUT2D eigenvalue weighted by atomic mass is 9.60. The third kappa shape index (κ3) is 2.38. The van der Waals surface area contributed by atoms with Crippen LogP contribution in [0.3, 0.4) is 0 Å². The van der Waals surface area contributed by atoms with Crippen LogP contribution in [-0.4, -0.2) is 52.7 Å². The summed E-state index contributed by atoms with van der Waals surface area (Å²) in [5.41, 5.74) is 1.12. The van der Waals surface area contributed by atoms with Crippen LogP contribution in [0.1, 0.15) is 35.1 Å². The van der Waals surface area contributed by atoms with E-state index in [0.717, 1.165) is 11.1 Å². The van der Waals surface area contributed by atoms with Crippen LogP contribution in [0.5, 0.6) is 0 Å². The number of hydrogen-bond acceptors (Lipinski definition) is 4. The molecule has 0 radical (unpaired) electrons. The fourth-order valence-electron chi connectivity index (χ4n) is 5.82. The Kier molecular flexibility index (Phi) is 4.17. The lowest BCUT2D eigenvalue weighted by Crippen LogP contribution is -2.65. The van der Waals surface area contributed by atoms with Gasteiger partial charge < -0.3 is 9.80 Å². The van der Waals surface area contributed by atoms with E-state index < -0.39 is 23.4 Å². The number of carbonyl (C=O) groups is 2. The molecule has 3 aliphatic heterocycles. The molecular formula is C23H23N3O4. The van der Waals surface area contributed by atoms with Gasteiger partial charge in [-0.25, -0.2) is 0 Å². The lowest BCUT2D eigenvalue weighted by Gasteiger charge is -2.51. The molecule has 5 rings (SSSR count). The van der Waals surface area contributed by atoms with Crippen LogP contribution in [0.2, 0.25) is 0 Å². The smallest absolute Gasteiger partial charge is 0.245 e. The van der Waals surface area contributed by atoms with Gasteiger partial charge in [0.05, 0.1) is 5.92 Å². The molecule has 3 heterocycles. The lowest BCUT2D eigenvalue weighted by molar-refractivity contribution is -0.540. The first-order valence-corrected chi connectivity index (χ1v) is 10.3. The molecule has 0 aliphatic carbocycles. The molecule has 7 heteroatoms. The van der Waals surface area contributed by atoms with E-state index in [1.54, 1.807) is 16.8 Å². The molecule has 0 N–H and O–H groups in total. The molecule has 2 aromatic carbocycles. The number of amides is 2. The van der Waals surface area contributed by atoms with Gasteiger partial charge >= 0.3 is 0 Å². The molecule has 0 bridgehead atoms. The molecule has 1 spiro atoms. The number of nitrogens with zero attached hydrogens (tertiary/aromatic N) is 3. The third-order valence-corrected chi connectivity index (χ3v) is 7.14. The van der Waals surface area contributed by atoms with Crippen LogP contribution in [0, 0.1) is 15.5 Å². The van der Waals surface area contributed by atoms with Gasteiger partial charge in [0, 0.05) is 25.1 Å². The minimum Gasteiger partial charge on any atom is -0.345 e. The van der Waals surface area contributed by atoms with Crippen LogP contribution in [0.4, 0.5) is 0 Å². The number of carbonyl (C=O) groups excluding carboxylic acids is 2. The van der Waals surface area contributed by atoms with Crippen molar-refractivity contribution < 1.29 is 14.5 Å². The monoisotopic (exact) mass is 405 g/mol. The summed E-state index contributed by atoms with van der Waals surface area (Å²) in [6.45, 7) is 0.818. The van der Waals surface area contributed by atoms with Gasteiger partial charge in [0.2, 0.25) is 17.9 Å². The van der Waals surface area contributed by atoms with E-state index >= 15 is 0 Å². The molecule has 2 amide bonds. The van der Waals surface area contributed by atoms with E-state index in [9.17, 15) is 19.7 Å². The standard InChI is InChI=1S/C23H23N3O4/c1-24-14-12-23(21(24)27)18(16-8-3-2-4-9-16)20(26(29)30)19-17-10-6-5-7-15(17)11-13-25(19)22(23)28/h2-10,18-20H,11-14H2,1H3/t18-,19+,20-,23-/m0/s1. The van der Waals surface area contributed by atoms with Crippen LogP contribution in [-0.2, 0) is 16.0 Å². The topological polar surface area (TPSA) is 83.8 Å². The SMILES string of the molecule is CN1CC[C@]2(C1=O)C(=O)N1CCc3ccccc3[C@@H]1[C@@H]([N+](=O)[O-])[C@@H]2c1ccccc1. The van der Waals surface area contributed by atoms with Crippen molar-refractivity contribution in [1.82, 2.24) is 9.80 Å². The average Bonchev–Trinajstić information content (AvgIpc) is 3.06. The number of hydrogen-bond donors (Lipinski definition) is 0. The minimum absolute atomic E-state index is 0.261. The molecule has 4 atom stereocenters. The number of fused-ring (bicyclic) bond motifs is 3. The van der Waals surface area contributed by atoms with Crippen molar-refractivity contribution in [3.63, 3.8) is 0 Å². The normalized spacial score (nSPS) is 30.4. The maximum absolute atomic E-state index is 14.0. The van der Waals surface area contributed by atoms with Crippen LogP contribution < -0.4 is 0 Å². The molecule has 7 nitrogen and oxygen atoms in total. The van der Waals surface area contributed by atoms with E-state index in [4.69, 9.17) is 0 Å². The van der Waals surface area contributed by atoms with E-state index in [1.165, 1.54) is 0 Å². The van der Waals surface area contributed by atoms with Gasteiger partial charge in [0.1, 0.15) is 11.5 Å². The fourth-order valence-corrected chi connectivity index (χ4v) is 5.82. The maximum Gasteiger partial charge on any atom is 0.245 e. The highest BCUT2D eigenvalue weighted by atomic mass is 16.6. The molecule has 0 unspecified atom stereocenters. The Balaban J connectivity index is 1.77. The van der Waals surface area contributed by atoms with Gasteiger partial charge in [0.25, 0.3) is 0 Å². The second-order valence-electron chi connectivity index (χ2n) is 8.50. The number of rotatable bonds is 2. The zero-order chi connectivity index (χ0) is 21.0. The largest absolute Gasteiger partial charge is 0.345 e. The summed E-state index contributed by atoms with van der Waals surface area (Å²) in [5, 5.41) is 12.6. The van der Waals surface area contributed by atoms with E-state index in [-0.39, 0.29) is 16.7 Å². The second-order valence-corrected chi connectivity index (χ2v) is 8.50. The van der Waals surface area contributed by atoms with Crippen LogP contribution in [0.25, 0.3) is 0 Å². The highest BCUT2D eigenvalue weighted by Gasteiger charge is 2.69. The maximum atomic E-state index is 14.0. The number of piperidine rings is 1. The third-order valence-electron chi connectivity index (χ3n) is 7.14. The molecule has 0 saturated carbocycles. The molecule has 2 aromatic rings. The summed E-state index contributed by atoms with van der Waals surface area (Å²) < 4.78 is 0. The Hall–Kier alpha value is -3.22. The van der Waals surface area contributed by atoms with Gasteiger partial charge in [-0.3, -0.25) is 19.7 Å². The van der Waals surface area contributed by atoms with Crippen LogP contribution in [0.15, 0.2) is 54.6 Å². The minimum atomic E-state index is -1.42. The van der Waals surface area contributed by atoms with Crippen molar-refractivity contribution in [3.8, 4) is 0 Å². The van der Waals surface area contributed by atoms with Crippen LogP contribution >= 0.6 is 0 Å². The summed E-state index contributed by atoms with van der Waals surface area (Å²) in [6.07, 6.45) is 0.939. The van der Waals surface area contributed by atoms with Crippen molar-refractivity contribution in [2.45, 2.75) is 30.8 Å². The molecule has 154 valence electrons. The molecule has 2 fully saturated rings. The molecule has 2 saturated heterocycles. The first kappa shape index (κ1) is 18.8. The Labute approximate surface area is 174 Å². The summed E-state index contributed by atoms with van der Waals surface area (Å²) >= 11 is 0. The van der Waals surface area contributed by atoms with Crippen molar-refractivity contribution in [2.24, 2.45) is 5.41 Å². The van der Waals surface area contributed by atoms with Gasteiger partial charge in [-0.05, 0) is 29.5 Å². The first-order valence-electron chi connectivity index (χ1n) is 10.3. The second kappa shape index (κ2) is 6.65. The Bertz CT molecular complexity index is 1040. The summed E-state index contributed by atoms with van der Waals surface area (Å²) in [6, 6.07) is 15.0. The first-order chi connectivity index (χ1) is 14.5. The summed E-state index contributed by atoms with van der Waals surface area (Å²) in [5.74, 6) is -1.38. The zero-order valence-electron chi connectivity index (χ0n) is 16.7. The Morgan fingerprint density at radius 3 is 2.37 bits per heavy atom. The summed E-state index contributed by atoms with van der Waals surface area (Å²) in [4.78, 5) is 42.9. The Morgan fingerprint density at radius 2 is 1.70 bits per heavy atom. The molecular weight excluding hydrogens is 382 g/mol. The highest BCUT2D eigenvalue weighted by Crippen LogP contribution is 2.56. The average molecular weight is 405 g/mol. The number of likely N-dealkylation sites (tertiary alicyclic amines) is 1. The number of benzene rings is 2. The van der Waals surface area contributed by atoms with Crippen molar-refractivity contribution >= 4 is 11.8 Å². The van der Waals surface area contributed by atoms with Gasteiger partial charge in [0.15, 0.2) is 0 Å². The van der Waals surface area contributed by atoms with E-state index in [2.05, 4.69) is 0 Å². The number of nitro groups is 1.